The molecule has 0 spiro atoms. The number of anilines is 1. The van der Waals surface area contributed by atoms with Crippen molar-refractivity contribution in [1.29, 1.82) is 0 Å². The third kappa shape index (κ3) is 3.78. The number of aliphatic imine (C=N–C) groups is 2. The minimum absolute atomic E-state index is 0.000643. The number of guanidine groups is 2. The summed E-state index contributed by atoms with van der Waals surface area (Å²) >= 11 is 0. The summed E-state index contributed by atoms with van der Waals surface area (Å²) in [5.41, 5.74) is 11.4. The lowest BCUT2D eigenvalue weighted by Gasteiger charge is -2.04. The second kappa shape index (κ2) is 5.45. The van der Waals surface area contributed by atoms with Crippen LogP contribution >= 0.6 is 0 Å². The molecule has 0 saturated carbocycles. The smallest absolute Gasteiger partial charge is 0.269 e. The van der Waals surface area contributed by atoms with Crippen molar-refractivity contribution in [3.63, 3.8) is 0 Å². The minimum atomic E-state index is -0.483. The van der Waals surface area contributed by atoms with E-state index in [2.05, 4.69) is 15.3 Å². The SMILES string of the molecule is CN=C(N)/N=C(\N)Nc1ccc([N+](=O)[O-])cc1. The van der Waals surface area contributed by atoms with Gasteiger partial charge in [-0.2, -0.15) is 4.99 Å². The largest absolute Gasteiger partial charge is 0.369 e. The van der Waals surface area contributed by atoms with Crippen molar-refractivity contribution >= 4 is 23.3 Å². The molecule has 0 atom stereocenters. The van der Waals surface area contributed by atoms with Crippen LogP contribution < -0.4 is 16.8 Å². The summed E-state index contributed by atoms with van der Waals surface area (Å²) < 4.78 is 0. The van der Waals surface area contributed by atoms with Gasteiger partial charge in [-0.3, -0.25) is 15.1 Å². The first-order chi connectivity index (χ1) is 8.02. The second-order valence-corrected chi connectivity index (χ2v) is 3.01. The quantitative estimate of drug-likeness (QED) is 0.293. The van der Waals surface area contributed by atoms with Gasteiger partial charge in [0.2, 0.25) is 11.9 Å². The monoisotopic (exact) mass is 236 g/mol. The number of nitro benzene ring substituents is 1. The Labute approximate surface area is 97.2 Å². The number of hydrogen-bond acceptors (Lipinski definition) is 3. The summed E-state index contributed by atoms with van der Waals surface area (Å²) in [6, 6.07) is 5.74. The molecule has 1 rings (SSSR count). The zero-order valence-electron chi connectivity index (χ0n) is 9.12. The van der Waals surface area contributed by atoms with Gasteiger partial charge < -0.3 is 16.8 Å². The molecule has 0 unspecified atom stereocenters. The predicted molar refractivity (Wildman–Crippen MR) is 65.9 cm³/mol. The molecule has 1 aromatic carbocycles. The number of benzene rings is 1. The summed E-state index contributed by atoms with van der Waals surface area (Å²) in [4.78, 5) is 17.3. The van der Waals surface area contributed by atoms with Crippen LogP contribution in [-0.2, 0) is 0 Å². The number of non-ortho nitro benzene ring substituents is 1. The zero-order valence-corrected chi connectivity index (χ0v) is 9.12. The molecule has 0 amide bonds. The highest BCUT2D eigenvalue weighted by Gasteiger charge is 2.04. The molecule has 0 fully saturated rings. The van der Waals surface area contributed by atoms with Crippen molar-refractivity contribution < 1.29 is 4.92 Å². The lowest BCUT2D eigenvalue weighted by Crippen LogP contribution is -2.26. The highest BCUT2D eigenvalue weighted by molar-refractivity contribution is 6.00. The maximum absolute atomic E-state index is 10.4. The Morgan fingerprint density at radius 2 is 1.94 bits per heavy atom. The van der Waals surface area contributed by atoms with Gasteiger partial charge in [0.25, 0.3) is 5.69 Å². The second-order valence-electron chi connectivity index (χ2n) is 3.01. The summed E-state index contributed by atoms with van der Waals surface area (Å²) in [6.45, 7) is 0. The third-order valence-electron chi connectivity index (χ3n) is 1.81. The molecule has 0 aromatic heterocycles. The highest BCUT2D eigenvalue weighted by atomic mass is 16.6. The number of hydrogen-bond donors (Lipinski definition) is 3. The molecule has 8 nitrogen and oxygen atoms in total. The van der Waals surface area contributed by atoms with Gasteiger partial charge in [0, 0.05) is 24.9 Å². The van der Waals surface area contributed by atoms with Crippen LogP contribution in [0.5, 0.6) is 0 Å². The van der Waals surface area contributed by atoms with Gasteiger partial charge in [0.05, 0.1) is 4.92 Å². The molecule has 1 aromatic rings. The van der Waals surface area contributed by atoms with Crippen molar-refractivity contribution in [2.75, 3.05) is 12.4 Å². The van der Waals surface area contributed by atoms with Crippen LogP contribution in [0.2, 0.25) is 0 Å². The van der Waals surface area contributed by atoms with Crippen LogP contribution in [0.4, 0.5) is 11.4 Å². The van der Waals surface area contributed by atoms with E-state index in [0.717, 1.165) is 0 Å². The Balaban J connectivity index is 2.76. The van der Waals surface area contributed by atoms with Gasteiger partial charge in [-0.15, -0.1) is 0 Å². The normalized spacial score (nSPS) is 12.3. The molecule has 17 heavy (non-hydrogen) atoms. The van der Waals surface area contributed by atoms with Gasteiger partial charge in [-0.05, 0) is 12.1 Å². The standard InChI is InChI=1S/C9H12N6O2/c1-12-8(10)14-9(11)13-6-2-4-7(5-3-6)15(16)17/h2-5H,1H3,(H5,10,11,12,13,14). The summed E-state index contributed by atoms with van der Waals surface area (Å²) in [7, 11) is 1.48. The van der Waals surface area contributed by atoms with E-state index >= 15 is 0 Å². The first-order valence-corrected chi connectivity index (χ1v) is 4.61. The lowest BCUT2D eigenvalue weighted by atomic mass is 10.3. The first kappa shape index (κ1) is 12.4. The van der Waals surface area contributed by atoms with Crippen LogP contribution in [0.3, 0.4) is 0 Å². The van der Waals surface area contributed by atoms with Gasteiger partial charge in [0.1, 0.15) is 0 Å². The number of nitrogens with zero attached hydrogens (tertiary/aromatic N) is 3. The fraction of sp³-hybridized carbons (Fsp3) is 0.111. The topological polar surface area (TPSA) is 132 Å². The van der Waals surface area contributed by atoms with E-state index in [-0.39, 0.29) is 17.6 Å². The molecule has 0 saturated heterocycles. The highest BCUT2D eigenvalue weighted by Crippen LogP contribution is 2.14. The van der Waals surface area contributed by atoms with Gasteiger partial charge in [0.15, 0.2) is 0 Å². The van der Waals surface area contributed by atoms with E-state index in [1.807, 2.05) is 0 Å². The molecule has 0 aliphatic heterocycles. The predicted octanol–water partition coefficient (Wildman–Crippen LogP) is 0.266. The number of nitrogens with two attached hydrogens (primary N) is 2. The van der Waals surface area contributed by atoms with Crippen molar-refractivity contribution in [3.05, 3.63) is 34.4 Å². The molecular weight excluding hydrogens is 224 g/mol. The van der Waals surface area contributed by atoms with Crippen LogP contribution in [0.1, 0.15) is 0 Å². The Hall–Kier alpha value is -2.64. The third-order valence-corrected chi connectivity index (χ3v) is 1.81. The van der Waals surface area contributed by atoms with E-state index in [1.54, 1.807) is 0 Å². The molecule has 8 heteroatoms. The molecule has 0 heterocycles. The molecule has 0 bridgehead atoms. The summed E-state index contributed by atoms with van der Waals surface area (Å²) in [5, 5.41) is 13.1. The Morgan fingerprint density at radius 3 is 2.41 bits per heavy atom. The average molecular weight is 236 g/mol. The van der Waals surface area contributed by atoms with Crippen molar-refractivity contribution in [2.45, 2.75) is 0 Å². The maximum Gasteiger partial charge on any atom is 0.269 e. The molecular formula is C9H12N6O2. The Bertz CT molecular complexity index is 465. The van der Waals surface area contributed by atoms with E-state index < -0.39 is 4.92 Å². The fourth-order valence-corrected chi connectivity index (χ4v) is 1.02. The van der Waals surface area contributed by atoms with Crippen LogP contribution in [-0.4, -0.2) is 23.9 Å². The van der Waals surface area contributed by atoms with Crippen LogP contribution in [0.15, 0.2) is 34.3 Å². The minimum Gasteiger partial charge on any atom is -0.369 e. The van der Waals surface area contributed by atoms with Gasteiger partial charge >= 0.3 is 0 Å². The van der Waals surface area contributed by atoms with E-state index in [9.17, 15) is 10.1 Å². The van der Waals surface area contributed by atoms with E-state index in [0.29, 0.717) is 5.69 Å². The summed E-state index contributed by atoms with van der Waals surface area (Å²) in [5.74, 6) is 0.0962. The number of rotatable bonds is 2. The van der Waals surface area contributed by atoms with E-state index in [1.165, 1.54) is 31.3 Å². The Kier molecular flexibility index (Phi) is 3.98. The lowest BCUT2D eigenvalue weighted by molar-refractivity contribution is -0.384. The zero-order chi connectivity index (χ0) is 12.8. The first-order valence-electron chi connectivity index (χ1n) is 4.61. The molecule has 0 aliphatic carbocycles. The average Bonchev–Trinajstić information content (AvgIpc) is 2.29. The number of nitro groups is 1. The van der Waals surface area contributed by atoms with Crippen molar-refractivity contribution in [2.24, 2.45) is 21.5 Å². The molecule has 0 aliphatic rings. The van der Waals surface area contributed by atoms with Crippen molar-refractivity contribution in [3.8, 4) is 0 Å². The van der Waals surface area contributed by atoms with Gasteiger partial charge in [-0.1, -0.05) is 0 Å². The molecule has 90 valence electrons. The fourth-order valence-electron chi connectivity index (χ4n) is 1.02. The molecule has 5 N–H and O–H groups in total. The van der Waals surface area contributed by atoms with E-state index in [4.69, 9.17) is 11.5 Å². The van der Waals surface area contributed by atoms with Crippen LogP contribution in [0.25, 0.3) is 0 Å². The maximum atomic E-state index is 10.4. The van der Waals surface area contributed by atoms with Gasteiger partial charge in [-0.25, -0.2) is 0 Å². The molecule has 0 radical (unpaired) electrons. The Morgan fingerprint density at radius 1 is 1.35 bits per heavy atom. The van der Waals surface area contributed by atoms with Crippen molar-refractivity contribution in [1.82, 2.24) is 0 Å². The van der Waals surface area contributed by atoms with Crippen LogP contribution in [0, 0.1) is 10.1 Å². The number of nitrogens with one attached hydrogen (secondary N) is 1. The summed E-state index contributed by atoms with van der Waals surface area (Å²) in [6.07, 6.45) is 0.